The molecule has 3 rings (SSSR count). The molecule has 0 bridgehead atoms. The van der Waals surface area contributed by atoms with Crippen LogP contribution in [0.1, 0.15) is 29.7 Å². The van der Waals surface area contributed by atoms with Gasteiger partial charge < -0.3 is 5.11 Å². The van der Waals surface area contributed by atoms with Crippen molar-refractivity contribution in [1.29, 1.82) is 0 Å². The highest BCUT2D eigenvalue weighted by Crippen LogP contribution is 2.43. The zero-order valence-corrected chi connectivity index (χ0v) is 14.7. The van der Waals surface area contributed by atoms with E-state index in [9.17, 15) is 5.11 Å². The number of aliphatic hydroxyl groups is 1. The predicted molar refractivity (Wildman–Crippen MR) is 98.6 cm³/mol. The molecular weight excluding hydrogens is 341 g/mol. The largest absolute Gasteiger partial charge is 0.384 e. The van der Waals surface area contributed by atoms with Crippen molar-refractivity contribution >= 4 is 23.2 Å². The third-order valence-electron chi connectivity index (χ3n) is 4.15. The number of hydrogen-bond donors (Lipinski definition) is 1. The van der Waals surface area contributed by atoms with Gasteiger partial charge in [-0.25, -0.2) is 0 Å². The van der Waals surface area contributed by atoms with Gasteiger partial charge in [-0.15, -0.1) is 0 Å². The summed E-state index contributed by atoms with van der Waals surface area (Å²) in [4.78, 5) is 4.46. The van der Waals surface area contributed by atoms with Crippen LogP contribution in [0.5, 0.6) is 0 Å². The molecule has 0 aliphatic rings. The van der Waals surface area contributed by atoms with Gasteiger partial charge >= 0.3 is 0 Å². The molecule has 0 unspecified atom stereocenters. The third-order valence-corrected chi connectivity index (χ3v) is 4.72. The Morgan fingerprint density at radius 1 is 0.958 bits per heavy atom. The van der Waals surface area contributed by atoms with Crippen molar-refractivity contribution in [3.05, 3.63) is 99.8 Å². The van der Waals surface area contributed by atoms with Crippen molar-refractivity contribution in [3.8, 4) is 0 Å². The van der Waals surface area contributed by atoms with Gasteiger partial charge in [0.15, 0.2) is 0 Å². The summed E-state index contributed by atoms with van der Waals surface area (Å²) in [6.07, 6.45) is 1.72. The predicted octanol–water partition coefficient (Wildman–Crippen LogP) is 5.43. The van der Waals surface area contributed by atoms with Gasteiger partial charge in [-0.1, -0.05) is 59.6 Å². The minimum absolute atomic E-state index is 0.379. The van der Waals surface area contributed by atoms with E-state index in [-0.39, 0.29) is 5.92 Å². The van der Waals surface area contributed by atoms with E-state index >= 15 is 0 Å². The molecule has 2 atom stereocenters. The van der Waals surface area contributed by atoms with Crippen molar-refractivity contribution < 1.29 is 5.11 Å². The van der Waals surface area contributed by atoms with Crippen LogP contribution in [-0.4, -0.2) is 10.1 Å². The van der Waals surface area contributed by atoms with Crippen LogP contribution in [0.4, 0.5) is 0 Å². The number of nitrogens with zero attached hydrogens (tertiary/aromatic N) is 1. The van der Waals surface area contributed by atoms with Crippen LogP contribution in [0.25, 0.3) is 0 Å². The number of benzene rings is 2. The Balaban J connectivity index is 2.19. The summed E-state index contributed by atoms with van der Waals surface area (Å²) < 4.78 is 0. The Hall–Kier alpha value is -1.87. The summed E-state index contributed by atoms with van der Waals surface area (Å²) in [5.74, 6) is -0.379. The van der Waals surface area contributed by atoms with Crippen LogP contribution in [0.2, 0.25) is 10.0 Å². The number of halogens is 2. The molecule has 2 nitrogen and oxygen atoms in total. The maximum atomic E-state index is 11.5. The van der Waals surface area contributed by atoms with E-state index in [0.29, 0.717) is 15.6 Å². The normalized spacial score (nSPS) is 14.8. The molecule has 0 saturated carbocycles. The second-order valence-corrected chi connectivity index (χ2v) is 6.71. The standard InChI is InChI=1S/C20H17Cl2NO/c1-20(24,16-13-15(21)10-11-17(16)22)19(14-7-3-2-4-8-14)18-9-5-6-12-23-18/h2-13,19,24H,1H3/t19-,20+/m1/s1. The summed E-state index contributed by atoms with van der Waals surface area (Å²) in [6.45, 7) is 1.75. The Labute approximate surface area is 151 Å². The van der Waals surface area contributed by atoms with E-state index in [2.05, 4.69) is 4.98 Å². The molecule has 0 spiro atoms. The zero-order valence-electron chi connectivity index (χ0n) is 13.2. The van der Waals surface area contributed by atoms with Crippen molar-refractivity contribution in [2.24, 2.45) is 0 Å². The summed E-state index contributed by atoms with van der Waals surface area (Å²) in [7, 11) is 0. The molecule has 0 aliphatic heterocycles. The maximum Gasteiger partial charge on any atom is 0.101 e. The SMILES string of the molecule is C[C@](O)(c1cc(Cl)ccc1Cl)[C@H](c1ccccc1)c1ccccn1. The number of aromatic nitrogens is 1. The van der Waals surface area contributed by atoms with Crippen LogP contribution in [0.15, 0.2) is 72.9 Å². The number of hydrogen-bond acceptors (Lipinski definition) is 2. The Kier molecular flexibility index (Phi) is 4.91. The van der Waals surface area contributed by atoms with Gasteiger partial charge in [0.2, 0.25) is 0 Å². The fraction of sp³-hybridized carbons (Fsp3) is 0.150. The van der Waals surface area contributed by atoms with E-state index in [0.717, 1.165) is 11.3 Å². The lowest BCUT2D eigenvalue weighted by atomic mass is 9.76. The first-order valence-corrected chi connectivity index (χ1v) is 8.39. The fourth-order valence-electron chi connectivity index (χ4n) is 3.02. The van der Waals surface area contributed by atoms with E-state index in [1.165, 1.54) is 0 Å². The first-order valence-electron chi connectivity index (χ1n) is 7.64. The van der Waals surface area contributed by atoms with E-state index in [4.69, 9.17) is 23.2 Å². The number of rotatable bonds is 4. The molecule has 1 heterocycles. The lowest BCUT2D eigenvalue weighted by Gasteiger charge is -2.34. The minimum atomic E-state index is -1.28. The summed E-state index contributed by atoms with van der Waals surface area (Å²) in [5.41, 5.74) is 1.02. The highest BCUT2D eigenvalue weighted by atomic mass is 35.5. The first kappa shape index (κ1) is 17.0. The first-order chi connectivity index (χ1) is 11.5. The molecule has 1 N–H and O–H groups in total. The number of pyridine rings is 1. The lowest BCUT2D eigenvalue weighted by Crippen LogP contribution is -2.32. The quantitative estimate of drug-likeness (QED) is 0.675. The highest BCUT2D eigenvalue weighted by molar-refractivity contribution is 6.33. The molecule has 2 aromatic carbocycles. The van der Waals surface area contributed by atoms with Gasteiger partial charge in [0, 0.05) is 21.8 Å². The second kappa shape index (κ2) is 6.94. The summed E-state index contributed by atoms with van der Waals surface area (Å²) >= 11 is 12.5. The van der Waals surface area contributed by atoms with Crippen LogP contribution >= 0.6 is 23.2 Å². The highest BCUT2D eigenvalue weighted by Gasteiger charge is 2.38. The fourth-order valence-corrected chi connectivity index (χ4v) is 3.50. The smallest absolute Gasteiger partial charge is 0.101 e. The second-order valence-electron chi connectivity index (χ2n) is 5.87. The average Bonchev–Trinajstić information content (AvgIpc) is 2.59. The Morgan fingerprint density at radius 2 is 1.67 bits per heavy atom. The summed E-state index contributed by atoms with van der Waals surface area (Å²) in [6, 6.07) is 20.6. The molecule has 3 aromatic rings. The van der Waals surface area contributed by atoms with E-state index in [1.807, 2.05) is 48.5 Å². The van der Waals surface area contributed by atoms with Gasteiger partial charge in [-0.05, 0) is 42.8 Å². The Bertz CT molecular complexity index is 780. The molecule has 0 aliphatic carbocycles. The van der Waals surface area contributed by atoms with Gasteiger partial charge in [-0.3, -0.25) is 4.98 Å². The van der Waals surface area contributed by atoms with E-state index in [1.54, 1.807) is 31.3 Å². The van der Waals surface area contributed by atoms with E-state index < -0.39 is 5.60 Å². The van der Waals surface area contributed by atoms with Gasteiger partial charge in [0.1, 0.15) is 5.60 Å². The van der Waals surface area contributed by atoms with Gasteiger partial charge in [0.25, 0.3) is 0 Å². The average molecular weight is 358 g/mol. The van der Waals surface area contributed by atoms with Gasteiger partial charge in [-0.2, -0.15) is 0 Å². The molecule has 1 aromatic heterocycles. The lowest BCUT2D eigenvalue weighted by molar-refractivity contribution is 0.0381. The third kappa shape index (κ3) is 3.32. The summed E-state index contributed by atoms with van der Waals surface area (Å²) in [5, 5.41) is 12.5. The van der Waals surface area contributed by atoms with Crippen molar-refractivity contribution in [2.75, 3.05) is 0 Å². The van der Waals surface area contributed by atoms with Crippen LogP contribution in [0.3, 0.4) is 0 Å². The van der Waals surface area contributed by atoms with Crippen molar-refractivity contribution in [1.82, 2.24) is 4.98 Å². The molecule has 122 valence electrons. The zero-order chi connectivity index (χ0) is 17.2. The molecule has 4 heteroatoms. The van der Waals surface area contributed by atoms with Crippen LogP contribution in [-0.2, 0) is 5.60 Å². The minimum Gasteiger partial charge on any atom is -0.384 e. The van der Waals surface area contributed by atoms with Crippen LogP contribution in [0, 0.1) is 0 Å². The van der Waals surface area contributed by atoms with Crippen LogP contribution < -0.4 is 0 Å². The topological polar surface area (TPSA) is 33.1 Å². The molecule has 24 heavy (non-hydrogen) atoms. The monoisotopic (exact) mass is 357 g/mol. The molecule has 0 amide bonds. The molecular formula is C20H17Cl2NO. The maximum absolute atomic E-state index is 11.5. The molecule has 0 saturated heterocycles. The molecule has 0 fully saturated rings. The van der Waals surface area contributed by atoms with Gasteiger partial charge in [0.05, 0.1) is 11.6 Å². The Morgan fingerprint density at radius 3 is 2.33 bits per heavy atom. The molecule has 0 radical (unpaired) electrons. The van der Waals surface area contributed by atoms with Crippen molar-refractivity contribution in [3.63, 3.8) is 0 Å². The van der Waals surface area contributed by atoms with Crippen molar-refractivity contribution in [2.45, 2.75) is 18.4 Å².